The predicted molar refractivity (Wildman–Crippen MR) is 89.5 cm³/mol. The van der Waals surface area contributed by atoms with Crippen molar-refractivity contribution >= 4 is 5.57 Å². The number of aryl methyl sites for hydroxylation is 1. The molecular formula is C20H18N2. The lowest BCUT2D eigenvalue weighted by molar-refractivity contribution is 0.606. The summed E-state index contributed by atoms with van der Waals surface area (Å²) < 4.78 is 0. The highest BCUT2D eigenvalue weighted by molar-refractivity contribution is 5.89. The maximum atomic E-state index is 4.72. The van der Waals surface area contributed by atoms with E-state index in [1.165, 1.54) is 22.3 Å². The Morgan fingerprint density at radius 1 is 1.18 bits per heavy atom. The summed E-state index contributed by atoms with van der Waals surface area (Å²) in [5.41, 5.74) is 7.25. The zero-order valence-corrected chi connectivity index (χ0v) is 12.7. The Morgan fingerprint density at radius 3 is 2.82 bits per heavy atom. The molecule has 0 fully saturated rings. The fourth-order valence-corrected chi connectivity index (χ4v) is 4.10. The summed E-state index contributed by atoms with van der Waals surface area (Å²) in [6, 6.07) is 8.67. The van der Waals surface area contributed by atoms with Crippen LogP contribution in [-0.4, -0.2) is 9.97 Å². The van der Waals surface area contributed by atoms with Crippen molar-refractivity contribution in [2.45, 2.75) is 25.2 Å². The number of benzene rings is 1. The van der Waals surface area contributed by atoms with Gasteiger partial charge in [0.05, 0.1) is 16.8 Å². The molecule has 1 spiro atoms. The van der Waals surface area contributed by atoms with Crippen molar-refractivity contribution in [2.75, 3.05) is 0 Å². The van der Waals surface area contributed by atoms with Crippen LogP contribution in [0.25, 0.3) is 5.57 Å². The Kier molecular flexibility index (Phi) is 2.86. The molecule has 0 saturated heterocycles. The Labute approximate surface area is 130 Å². The fraction of sp³-hybridized carbons (Fsp3) is 0.200. The summed E-state index contributed by atoms with van der Waals surface area (Å²) in [7, 11) is 0. The minimum Gasteiger partial charge on any atom is -0.258 e. The molecule has 0 radical (unpaired) electrons. The molecule has 2 aliphatic rings. The van der Waals surface area contributed by atoms with E-state index in [-0.39, 0.29) is 5.41 Å². The third kappa shape index (κ3) is 1.50. The van der Waals surface area contributed by atoms with Crippen LogP contribution in [0, 0.1) is 0 Å². The SMILES string of the molecule is C=CC1=C(/C=C\C)c2ccccc2C12CCc1nccnc12. The molecule has 2 aromatic rings. The van der Waals surface area contributed by atoms with Crippen molar-refractivity contribution in [1.29, 1.82) is 0 Å². The van der Waals surface area contributed by atoms with E-state index in [0.29, 0.717) is 0 Å². The van der Waals surface area contributed by atoms with Gasteiger partial charge in [0.2, 0.25) is 0 Å². The van der Waals surface area contributed by atoms with E-state index in [1.54, 1.807) is 6.20 Å². The van der Waals surface area contributed by atoms with Crippen molar-refractivity contribution in [2.24, 2.45) is 0 Å². The Bertz CT molecular complexity index is 829. The zero-order chi connectivity index (χ0) is 15.2. The predicted octanol–water partition coefficient (Wildman–Crippen LogP) is 4.24. The van der Waals surface area contributed by atoms with Crippen LogP contribution in [-0.2, 0) is 11.8 Å². The summed E-state index contributed by atoms with van der Waals surface area (Å²) in [5.74, 6) is 0. The van der Waals surface area contributed by atoms with Crippen molar-refractivity contribution in [3.63, 3.8) is 0 Å². The van der Waals surface area contributed by atoms with E-state index in [9.17, 15) is 0 Å². The van der Waals surface area contributed by atoms with Crippen molar-refractivity contribution in [3.8, 4) is 0 Å². The number of fused-ring (bicyclic) bond motifs is 4. The summed E-state index contributed by atoms with van der Waals surface area (Å²) in [5, 5.41) is 0. The normalized spacial score (nSPS) is 22.4. The van der Waals surface area contributed by atoms with Crippen LogP contribution in [0.5, 0.6) is 0 Å². The molecule has 0 aliphatic heterocycles. The van der Waals surface area contributed by atoms with Gasteiger partial charge >= 0.3 is 0 Å². The van der Waals surface area contributed by atoms with Crippen LogP contribution in [0.2, 0.25) is 0 Å². The first-order valence-corrected chi connectivity index (χ1v) is 7.73. The van der Waals surface area contributed by atoms with E-state index in [1.807, 2.05) is 12.3 Å². The number of hydrogen-bond acceptors (Lipinski definition) is 2. The molecule has 1 aromatic heterocycles. The largest absolute Gasteiger partial charge is 0.258 e. The topological polar surface area (TPSA) is 25.8 Å². The number of allylic oxidation sites excluding steroid dienone is 5. The number of nitrogens with zero attached hydrogens (tertiary/aromatic N) is 2. The highest BCUT2D eigenvalue weighted by Crippen LogP contribution is 2.56. The molecule has 1 unspecified atom stereocenters. The summed E-state index contributed by atoms with van der Waals surface area (Å²) >= 11 is 0. The molecule has 1 atom stereocenters. The number of hydrogen-bond donors (Lipinski definition) is 0. The molecule has 2 heteroatoms. The van der Waals surface area contributed by atoms with Gasteiger partial charge in [0.1, 0.15) is 0 Å². The molecule has 1 heterocycles. The number of rotatable bonds is 2. The second-order valence-electron chi connectivity index (χ2n) is 5.83. The highest BCUT2D eigenvalue weighted by Gasteiger charge is 2.49. The van der Waals surface area contributed by atoms with Gasteiger partial charge in [-0.3, -0.25) is 9.97 Å². The van der Waals surface area contributed by atoms with E-state index in [2.05, 4.69) is 54.9 Å². The van der Waals surface area contributed by atoms with Crippen LogP contribution in [0.15, 0.2) is 67.0 Å². The quantitative estimate of drug-likeness (QED) is 0.825. The van der Waals surface area contributed by atoms with Gasteiger partial charge in [0, 0.05) is 12.4 Å². The molecule has 22 heavy (non-hydrogen) atoms. The zero-order valence-electron chi connectivity index (χ0n) is 12.7. The van der Waals surface area contributed by atoms with Gasteiger partial charge in [-0.2, -0.15) is 0 Å². The molecule has 0 N–H and O–H groups in total. The standard InChI is InChI=1S/C20H18N2/c1-3-7-14-15-8-5-6-9-17(15)20(16(14)4-2)11-10-18-19(20)22-13-12-21-18/h3-9,12-13H,2,10-11H2,1H3/b7-3-. The Morgan fingerprint density at radius 2 is 2.00 bits per heavy atom. The van der Waals surface area contributed by atoms with Crippen molar-refractivity contribution < 1.29 is 0 Å². The first-order chi connectivity index (χ1) is 10.8. The summed E-state index contributed by atoms with van der Waals surface area (Å²) in [6.45, 7) is 6.17. The maximum absolute atomic E-state index is 4.72. The Balaban J connectivity index is 2.10. The molecule has 0 amide bonds. The second kappa shape index (κ2) is 4.77. The molecule has 4 rings (SSSR count). The maximum Gasteiger partial charge on any atom is 0.0768 e. The molecule has 2 aliphatic carbocycles. The lowest BCUT2D eigenvalue weighted by Gasteiger charge is -2.28. The van der Waals surface area contributed by atoms with Gasteiger partial charge in [-0.25, -0.2) is 0 Å². The summed E-state index contributed by atoms with van der Waals surface area (Å²) in [6.07, 6.45) is 11.9. The average Bonchev–Trinajstić information content (AvgIpc) is 3.07. The van der Waals surface area contributed by atoms with Gasteiger partial charge in [-0.05, 0) is 42.0 Å². The van der Waals surface area contributed by atoms with Gasteiger partial charge in [0.25, 0.3) is 0 Å². The average molecular weight is 286 g/mol. The lowest BCUT2D eigenvalue weighted by atomic mass is 9.75. The van der Waals surface area contributed by atoms with Gasteiger partial charge < -0.3 is 0 Å². The van der Waals surface area contributed by atoms with Gasteiger partial charge in [-0.1, -0.05) is 49.1 Å². The number of aromatic nitrogens is 2. The lowest BCUT2D eigenvalue weighted by Crippen LogP contribution is -2.25. The minimum atomic E-state index is -0.170. The van der Waals surface area contributed by atoms with E-state index in [4.69, 9.17) is 4.98 Å². The molecule has 0 saturated carbocycles. The van der Waals surface area contributed by atoms with Gasteiger partial charge in [0.15, 0.2) is 0 Å². The van der Waals surface area contributed by atoms with Crippen molar-refractivity contribution in [1.82, 2.24) is 9.97 Å². The fourth-order valence-electron chi connectivity index (χ4n) is 4.10. The first-order valence-electron chi connectivity index (χ1n) is 7.73. The second-order valence-corrected chi connectivity index (χ2v) is 5.83. The van der Waals surface area contributed by atoms with E-state index in [0.717, 1.165) is 24.2 Å². The molecule has 108 valence electrons. The molecule has 2 nitrogen and oxygen atoms in total. The molecular weight excluding hydrogens is 268 g/mol. The van der Waals surface area contributed by atoms with Crippen LogP contribution in [0.4, 0.5) is 0 Å². The molecule has 0 bridgehead atoms. The van der Waals surface area contributed by atoms with Crippen LogP contribution >= 0.6 is 0 Å². The minimum absolute atomic E-state index is 0.170. The Hall–Kier alpha value is -2.48. The summed E-state index contributed by atoms with van der Waals surface area (Å²) in [4.78, 5) is 9.27. The third-order valence-electron chi connectivity index (χ3n) is 4.88. The smallest absolute Gasteiger partial charge is 0.0768 e. The highest BCUT2D eigenvalue weighted by atomic mass is 14.8. The first kappa shape index (κ1) is 13.2. The van der Waals surface area contributed by atoms with E-state index >= 15 is 0 Å². The van der Waals surface area contributed by atoms with Crippen LogP contribution in [0.1, 0.15) is 35.9 Å². The van der Waals surface area contributed by atoms with Crippen LogP contribution in [0.3, 0.4) is 0 Å². The third-order valence-corrected chi connectivity index (χ3v) is 4.88. The van der Waals surface area contributed by atoms with Crippen LogP contribution < -0.4 is 0 Å². The van der Waals surface area contributed by atoms with Gasteiger partial charge in [-0.15, -0.1) is 0 Å². The molecule has 1 aromatic carbocycles. The van der Waals surface area contributed by atoms with Crippen molar-refractivity contribution in [3.05, 3.63) is 89.6 Å². The monoisotopic (exact) mass is 286 g/mol. The van der Waals surface area contributed by atoms with E-state index < -0.39 is 0 Å².